The summed E-state index contributed by atoms with van der Waals surface area (Å²) in [6, 6.07) is 5.24. The second kappa shape index (κ2) is 10.3. The molecular weight excluding hydrogens is 378 g/mol. The molecule has 0 saturated carbocycles. The van der Waals surface area contributed by atoms with E-state index in [1.54, 1.807) is 12.1 Å². The number of nitrogens with zero attached hydrogens (tertiary/aromatic N) is 2. The number of sulfonamides is 1. The summed E-state index contributed by atoms with van der Waals surface area (Å²) in [5, 5.41) is 2.89. The molecular formula is C20H33N3O4S. The Morgan fingerprint density at radius 1 is 1.14 bits per heavy atom. The third-order valence-electron chi connectivity index (χ3n) is 4.91. The highest BCUT2D eigenvalue weighted by Crippen LogP contribution is 2.20. The van der Waals surface area contributed by atoms with E-state index in [2.05, 4.69) is 5.32 Å². The third kappa shape index (κ3) is 6.55. The quantitative estimate of drug-likeness (QED) is 0.624. The van der Waals surface area contributed by atoms with Gasteiger partial charge >= 0.3 is 0 Å². The van der Waals surface area contributed by atoms with E-state index in [-0.39, 0.29) is 12.0 Å². The van der Waals surface area contributed by atoms with Crippen LogP contribution in [0.3, 0.4) is 0 Å². The molecule has 7 nitrogen and oxygen atoms in total. The van der Waals surface area contributed by atoms with Gasteiger partial charge < -0.3 is 10.1 Å². The number of hydrogen-bond donors (Lipinski definition) is 1. The number of nitrogens with one attached hydrogen (secondary N) is 1. The van der Waals surface area contributed by atoms with Crippen LogP contribution in [-0.4, -0.2) is 75.5 Å². The molecule has 0 radical (unpaired) electrons. The van der Waals surface area contributed by atoms with E-state index in [0.29, 0.717) is 50.8 Å². The van der Waals surface area contributed by atoms with Crippen LogP contribution >= 0.6 is 0 Å². The molecule has 1 amide bonds. The Morgan fingerprint density at radius 2 is 1.82 bits per heavy atom. The zero-order valence-corrected chi connectivity index (χ0v) is 18.2. The lowest BCUT2D eigenvalue weighted by atomic mass is 10.1. The number of aryl methyl sites for hydroxylation is 2. The minimum absolute atomic E-state index is 0.0324. The van der Waals surface area contributed by atoms with Crippen molar-refractivity contribution >= 4 is 15.9 Å². The summed E-state index contributed by atoms with van der Waals surface area (Å²) >= 11 is 0. The molecule has 1 saturated heterocycles. The van der Waals surface area contributed by atoms with Gasteiger partial charge in [0.15, 0.2) is 0 Å². The van der Waals surface area contributed by atoms with Gasteiger partial charge in [0.05, 0.1) is 17.5 Å². The molecule has 0 atom stereocenters. The second-order valence-electron chi connectivity index (χ2n) is 7.55. The van der Waals surface area contributed by atoms with E-state index in [0.717, 1.165) is 17.5 Å². The van der Waals surface area contributed by atoms with Crippen LogP contribution in [-0.2, 0) is 19.6 Å². The molecule has 1 N–H and O–H groups in total. The minimum Gasteiger partial charge on any atom is -0.379 e. The van der Waals surface area contributed by atoms with Gasteiger partial charge in [0.1, 0.15) is 0 Å². The van der Waals surface area contributed by atoms with E-state index < -0.39 is 10.0 Å². The van der Waals surface area contributed by atoms with Crippen molar-refractivity contribution in [3.8, 4) is 0 Å². The van der Waals surface area contributed by atoms with Gasteiger partial charge in [-0.2, -0.15) is 4.31 Å². The van der Waals surface area contributed by atoms with Crippen molar-refractivity contribution in [1.82, 2.24) is 14.5 Å². The van der Waals surface area contributed by atoms with Crippen molar-refractivity contribution in [3.63, 3.8) is 0 Å². The number of piperazine rings is 1. The minimum atomic E-state index is -3.49. The lowest BCUT2D eigenvalue weighted by Crippen LogP contribution is -2.51. The Balaban J connectivity index is 1.77. The predicted octanol–water partition coefficient (Wildman–Crippen LogP) is 1.54. The molecule has 8 heteroatoms. The molecule has 0 bridgehead atoms. The predicted molar refractivity (Wildman–Crippen MR) is 110 cm³/mol. The lowest BCUT2D eigenvalue weighted by molar-refractivity contribution is -0.122. The van der Waals surface area contributed by atoms with Crippen molar-refractivity contribution in [2.45, 2.75) is 45.1 Å². The van der Waals surface area contributed by atoms with Crippen LogP contribution in [0, 0.1) is 13.8 Å². The van der Waals surface area contributed by atoms with Gasteiger partial charge in [-0.05, 0) is 57.4 Å². The first-order chi connectivity index (χ1) is 13.2. The van der Waals surface area contributed by atoms with Gasteiger partial charge in [0, 0.05) is 39.3 Å². The first-order valence-electron chi connectivity index (χ1n) is 9.88. The standard InChI is InChI=1S/C20H33N3O4S/c1-16(2)27-13-5-8-21-20(24)15-22-9-11-23(12-10-22)28(25,26)19-7-6-17(3)18(4)14-19/h6-7,14,16H,5,8-13,15H2,1-4H3,(H,21,24). The topological polar surface area (TPSA) is 79.0 Å². The highest BCUT2D eigenvalue weighted by molar-refractivity contribution is 7.89. The summed E-state index contributed by atoms with van der Waals surface area (Å²) in [7, 11) is -3.49. The third-order valence-corrected chi connectivity index (χ3v) is 6.80. The summed E-state index contributed by atoms with van der Waals surface area (Å²) in [6.45, 7) is 11.3. The van der Waals surface area contributed by atoms with Crippen molar-refractivity contribution in [3.05, 3.63) is 29.3 Å². The number of rotatable bonds is 9. The van der Waals surface area contributed by atoms with Crippen molar-refractivity contribution < 1.29 is 17.9 Å². The van der Waals surface area contributed by atoms with Crippen LogP contribution in [0.2, 0.25) is 0 Å². The monoisotopic (exact) mass is 411 g/mol. The summed E-state index contributed by atoms with van der Waals surface area (Å²) < 4.78 is 32.6. The van der Waals surface area contributed by atoms with E-state index in [4.69, 9.17) is 4.74 Å². The normalized spacial score (nSPS) is 16.5. The molecule has 2 rings (SSSR count). The van der Waals surface area contributed by atoms with Gasteiger partial charge in [-0.3, -0.25) is 9.69 Å². The first kappa shape index (κ1) is 22.8. The Kier molecular flexibility index (Phi) is 8.42. The molecule has 0 aliphatic carbocycles. The summed E-state index contributed by atoms with van der Waals surface area (Å²) in [6.07, 6.45) is 0.985. The first-order valence-corrected chi connectivity index (χ1v) is 11.3. The van der Waals surface area contributed by atoms with E-state index in [1.165, 1.54) is 4.31 Å². The maximum Gasteiger partial charge on any atom is 0.243 e. The number of carbonyl (C=O) groups is 1. The van der Waals surface area contributed by atoms with Crippen LogP contribution in [0.25, 0.3) is 0 Å². The number of hydrogen-bond acceptors (Lipinski definition) is 5. The molecule has 1 aromatic rings. The molecule has 1 aromatic carbocycles. The lowest BCUT2D eigenvalue weighted by Gasteiger charge is -2.33. The molecule has 0 aromatic heterocycles. The Bertz CT molecular complexity index is 757. The fourth-order valence-electron chi connectivity index (χ4n) is 3.03. The maximum absolute atomic E-state index is 12.8. The smallest absolute Gasteiger partial charge is 0.243 e. The van der Waals surface area contributed by atoms with Gasteiger partial charge in [0.25, 0.3) is 0 Å². The largest absolute Gasteiger partial charge is 0.379 e. The second-order valence-corrected chi connectivity index (χ2v) is 9.49. The Labute approximate surface area is 169 Å². The molecule has 1 heterocycles. The van der Waals surface area contributed by atoms with Gasteiger partial charge in [-0.25, -0.2) is 8.42 Å². The van der Waals surface area contributed by atoms with Gasteiger partial charge in [0.2, 0.25) is 15.9 Å². The van der Waals surface area contributed by atoms with E-state index in [1.807, 2.05) is 38.7 Å². The van der Waals surface area contributed by atoms with Crippen molar-refractivity contribution in [2.24, 2.45) is 0 Å². The SMILES string of the molecule is Cc1ccc(S(=O)(=O)N2CCN(CC(=O)NCCCOC(C)C)CC2)cc1C. The van der Waals surface area contributed by atoms with Crippen molar-refractivity contribution in [1.29, 1.82) is 0 Å². The molecule has 0 spiro atoms. The fraction of sp³-hybridized carbons (Fsp3) is 0.650. The average molecular weight is 412 g/mol. The number of carbonyl (C=O) groups excluding carboxylic acids is 1. The molecule has 1 fully saturated rings. The van der Waals surface area contributed by atoms with Crippen LogP contribution in [0.15, 0.2) is 23.1 Å². The zero-order valence-electron chi connectivity index (χ0n) is 17.4. The average Bonchev–Trinajstić information content (AvgIpc) is 2.63. The maximum atomic E-state index is 12.8. The fourth-order valence-corrected chi connectivity index (χ4v) is 4.54. The van der Waals surface area contributed by atoms with Crippen LogP contribution in [0.5, 0.6) is 0 Å². The van der Waals surface area contributed by atoms with Crippen LogP contribution in [0.1, 0.15) is 31.4 Å². The molecule has 1 aliphatic rings. The summed E-state index contributed by atoms with van der Waals surface area (Å²) in [4.78, 5) is 14.4. The summed E-state index contributed by atoms with van der Waals surface area (Å²) in [5.74, 6) is -0.0324. The highest BCUT2D eigenvalue weighted by Gasteiger charge is 2.29. The van der Waals surface area contributed by atoms with Gasteiger partial charge in [-0.15, -0.1) is 0 Å². The molecule has 0 unspecified atom stereocenters. The number of benzene rings is 1. The van der Waals surface area contributed by atoms with Crippen LogP contribution in [0.4, 0.5) is 0 Å². The molecule has 158 valence electrons. The zero-order chi connectivity index (χ0) is 20.7. The number of ether oxygens (including phenoxy) is 1. The van der Waals surface area contributed by atoms with Gasteiger partial charge in [-0.1, -0.05) is 6.07 Å². The van der Waals surface area contributed by atoms with E-state index in [9.17, 15) is 13.2 Å². The molecule has 1 aliphatic heterocycles. The van der Waals surface area contributed by atoms with E-state index >= 15 is 0 Å². The van der Waals surface area contributed by atoms with Crippen LogP contribution < -0.4 is 5.32 Å². The van der Waals surface area contributed by atoms with Crippen molar-refractivity contribution in [2.75, 3.05) is 45.9 Å². The number of amides is 1. The molecule has 28 heavy (non-hydrogen) atoms. The Hall–Kier alpha value is -1.48. The summed E-state index contributed by atoms with van der Waals surface area (Å²) in [5.41, 5.74) is 2.04. The highest BCUT2D eigenvalue weighted by atomic mass is 32.2. The Morgan fingerprint density at radius 3 is 2.43 bits per heavy atom.